The Hall–Kier alpha value is -3.20. The number of fused-ring (bicyclic) bond motifs is 1. The number of carbonyl (C=O) groups excluding carboxylic acids is 2. The van der Waals surface area contributed by atoms with Crippen LogP contribution in [0, 0.1) is 5.41 Å². The highest BCUT2D eigenvalue weighted by Gasteiger charge is 2.42. The van der Waals surface area contributed by atoms with Gasteiger partial charge < -0.3 is 25.2 Å². The van der Waals surface area contributed by atoms with Crippen LogP contribution in [0.15, 0.2) is 30.5 Å². The second-order valence-electron chi connectivity index (χ2n) is 11.7. The van der Waals surface area contributed by atoms with Gasteiger partial charge in [-0.1, -0.05) is 24.6 Å². The largest absolute Gasteiger partial charge is 0.493 e. The molecule has 0 unspecified atom stereocenters. The van der Waals surface area contributed by atoms with Crippen molar-refractivity contribution in [1.29, 1.82) is 0 Å². The molecule has 3 aliphatic rings. The lowest BCUT2D eigenvalue weighted by Gasteiger charge is -2.41. The molecule has 4 heterocycles. The Kier molecular flexibility index (Phi) is 9.19. The van der Waals surface area contributed by atoms with Crippen molar-refractivity contribution in [3.05, 3.63) is 47.3 Å². The van der Waals surface area contributed by atoms with Gasteiger partial charge in [-0.2, -0.15) is 0 Å². The summed E-state index contributed by atoms with van der Waals surface area (Å²) in [5.74, 6) is 1.96. The average Bonchev–Trinajstić information content (AvgIpc) is 3.00. The summed E-state index contributed by atoms with van der Waals surface area (Å²) in [5.41, 5.74) is 2.29. The Labute approximate surface area is 238 Å². The average molecular weight is 549 g/mol. The van der Waals surface area contributed by atoms with Gasteiger partial charge in [-0.25, -0.2) is 9.97 Å². The zero-order valence-corrected chi connectivity index (χ0v) is 24.1. The topological polar surface area (TPSA) is 99.7 Å². The molecule has 2 saturated heterocycles. The molecule has 1 aromatic heterocycles. The lowest BCUT2D eigenvalue weighted by Crippen LogP contribution is -2.50. The van der Waals surface area contributed by atoms with E-state index in [4.69, 9.17) is 9.72 Å². The third-order valence-corrected chi connectivity index (χ3v) is 8.84. The van der Waals surface area contributed by atoms with Gasteiger partial charge in [-0.3, -0.25) is 9.59 Å². The summed E-state index contributed by atoms with van der Waals surface area (Å²) in [6.07, 6.45) is 9.52. The van der Waals surface area contributed by atoms with E-state index in [2.05, 4.69) is 27.8 Å². The van der Waals surface area contributed by atoms with Gasteiger partial charge in [-0.15, -0.1) is 0 Å². The van der Waals surface area contributed by atoms with E-state index in [-0.39, 0.29) is 17.7 Å². The van der Waals surface area contributed by atoms with E-state index in [1.54, 1.807) is 6.20 Å². The molecular weight excluding hydrogens is 504 g/mol. The molecular formula is C31H44N6O3. The number of aryl methyl sites for hydroxylation is 1. The number of nitrogens with one attached hydrogen (secondary N) is 2. The second-order valence-corrected chi connectivity index (χ2v) is 11.7. The predicted molar refractivity (Wildman–Crippen MR) is 156 cm³/mol. The van der Waals surface area contributed by atoms with Crippen molar-refractivity contribution >= 4 is 17.8 Å². The molecule has 0 bridgehead atoms. The van der Waals surface area contributed by atoms with Crippen LogP contribution in [0.5, 0.6) is 5.75 Å². The summed E-state index contributed by atoms with van der Waals surface area (Å²) in [4.78, 5) is 40.6. The Balaban J connectivity index is 1.29. The van der Waals surface area contributed by atoms with E-state index in [9.17, 15) is 9.59 Å². The molecule has 3 aliphatic heterocycles. The first-order chi connectivity index (χ1) is 19.5. The summed E-state index contributed by atoms with van der Waals surface area (Å²) in [6.45, 7) is 4.18. The minimum atomic E-state index is -0.436. The predicted octanol–water partition coefficient (Wildman–Crippen LogP) is 3.54. The summed E-state index contributed by atoms with van der Waals surface area (Å²) < 4.78 is 6.02. The van der Waals surface area contributed by atoms with Gasteiger partial charge in [0.1, 0.15) is 5.75 Å². The van der Waals surface area contributed by atoms with Crippen LogP contribution in [0.2, 0.25) is 0 Å². The molecule has 2 amide bonds. The van der Waals surface area contributed by atoms with E-state index in [1.165, 1.54) is 5.56 Å². The number of amides is 2. The number of anilines is 1. The number of carbonyl (C=O) groups is 2. The van der Waals surface area contributed by atoms with E-state index < -0.39 is 5.41 Å². The first-order valence-corrected chi connectivity index (χ1v) is 15.0. The maximum atomic E-state index is 13.9. The number of piperidine rings is 2. The highest BCUT2D eigenvalue weighted by atomic mass is 16.5. The maximum absolute atomic E-state index is 13.9. The van der Waals surface area contributed by atoms with Crippen LogP contribution in [-0.2, 0) is 11.2 Å². The number of hydrogen-bond donors (Lipinski definition) is 2. The van der Waals surface area contributed by atoms with Crippen LogP contribution >= 0.6 is 0 Å². The zero-order valence-electron chi connectivity index (χ0n) is 24.1. The number of aromatic nitrogens is 2. The highest BCUT2D eigenvalue weighted by molar-refractivity contribution is 5.95. The molecule has 2 aromatic rings. The van der Waals surface area contributed by atoms with E-state index in [0.29, 0.717) is 50.6 Å². The molecule has 1 aromatic carbocycles. The van der Waals surface area contributed by atoms with Crippen LogP contribution < -0.4 is 20.3 Å². The summed E-state index contributed by atoms with van der Waals surface area (Å²) >= 11 is 0. The normalized spacial score (nSPS) is 20.8. The minimum Gasteiger partial charge on any atom is -0.493 e. The van der Waals surface area contributed by atoms with Gasteiger partial charge in [0.15, 0.2) is 0 Å². The first-order valence-electron chi connectivity index (χ1n) is 15.0. The van der Waals surface area contributed by atoms with Crippen LogP contribution in [0.1, 0.15) is 78.9 Å². The number of hydrogen-bond acceptors (Lipinski definition) is 7. The highest BCUT2D eigenvalue weighted by Crippen LogP contribution is 2.38. The minimum absolute atomic E-state index is 0.00695. The van der Waals surface area contributed by atoms with Gasteiger partial charge in [0.2, 0.25) is 11.9 Å². The lowest BCUT2D eigenvalue weighted by atomic mass is 9.73. The van der Waals surface area contributed by atoms with Gasteiger partial charge >= 0.3 is 0 Å². The number of para-hydroxylation sites is 1. The molecule has 0 aliphatic carbocycles. The molecule has 40 heavy (non-hydrogen) atoms. The van der Waals surface area contributed by atoms with Crippen molar-refractivity contribution in [2.45, 2.75) is 63.7 Å². The Morgan fingerprint density at radius 1 is 1.05 bits per heavy atom. The van der Waals surface area contributed by atoms with Crippen molar-refractivity contribution in [3.63, 3.8) is 0 Å². The SMILES string of the molecule is CN(C)c1ncc(C(=O)N2CCC3(CCCCc4ccccc4OCCCNC3=O)CC2)c(C2CCNCC2)n1. The fraction of sp³-hybridized carbons (Fsp3) is 0.613. The van der Waals surface area contributed by atoms with Crippen LogP contribution in [0.3, 0.4) is 0 Å². The monoisotopic (exact) mass is 548 g/mol. The number of rotatable bonds is 3. The molecule has 2 fully saturated rings. The number of ether oxygens (including phenoxy) is 1. The maximum Gasteiger partial charge on any atom is 0.257 e. The van der Waals surface area contributed by atoms with Crippen molar-refractivity contribution in [2.75, 3.05) is 58.3 Å². The van der Waals surface area contributed by atoms with Crippen molar-refractivity contribution in [3.8, 4) is 5.75 Å². The molecule has 0 atom stereocenters. The molecule has 5 rings (SSSR count). The van der Waals surface area contributed by atoms with E-state index in [0.717, 1.165) is 69.5 Å². The van der Waals surface area contributed by atoms with Crippen LogP contribution in [-0.4, -0.2) is 80.1 Å². The summed E-state index contributed by atoms with van der Waals surface area (Å²) in [5, 5.41) is 6.61. The Bertz CT molecular complexity index is 1170. The van der Waals surface area contributed by atoms with E-state index >= 15 is 0 Å². The van der Waals surface area contributed by atoms with Crippen molar-refractivity contribution in [2.24, 2.45) is 5.41 Å². The Morgan fingerprint density at radius 3 is 2.60 bits per heavy atom. The fourth-order valence-corrected chi connectivity index (χ4v) is 6.34. The van der Waals surface area contributed by atoms with Crippen molar-refractivity contribution < 1.29 is 14.3 Å². The molecule has 9 nitrogen and oxygen atoms in total. The van der Waals surface area contributed by atoms with Gasteiger partial charge in [0.05, 0.1) is 23.3 Å². The van der Waals surface area contributed by atoms with Crippen LogP contribution in [0.25, 0.3) is 0 Å². The van der Waals surface area contributed by atoms with Gasteiger partial charge in [0, 0.05) is 45.8 Å². The van der Waals surface area contributed by atoms with Gasteiger partial charge in [0.25, 0.3) is 5.91 Å². The fourth-order valence-electron chi connectivity index (χ4n) is 6.34. The molecule has 9 heteroatoms. The van der Waals surface area contributed by atoms with Gasteiger partial charge in [-0.05, 0) is 76.1 Å². The molecule has 216 valence electrons. The molecule has 2 N–H and O–H groups in total. The summed E-state index contributed by atoms with van der Waals surface area (Å²) in [7, 11) is 3.85. The lowest BCUT2D eigenvalue weighted by molar-refractivity contribution is -0.134. The third kappa shape index (κ3) is 6.40. The molecule has 0 radical (unpaired) electrons. The first kappa shape index (κ1) is 28.3. The number of benzene rings is 1. The smallest absolute Gasteiger partial charge is 0.257 e. The third-order valence-electron chi connectivity index (χ3n) is 8.84. The quantitative estimate of drug-likeness (QED) is 0.605. The van der Waals surface area contributed by atoms with Crippen molar-refractivity contribution in [1.82, 2.24) is 25.5 Å². The van der Waals surface area contributed by atoms with Crippen LogP contribution in [0.4, 0.5) is 5.95 Å². The Morgan fingerprint density at radius 2 is 1.82 bits per heavy atom. The number of likely N-dealkylation sites (tertiary alicyclic amines) is 1. The zero-order chi connectivity index (χ0) is 28.0. The second kappa shape index (κ2) is 13.0. The van der Waals surface area contributed by atoms with E-state index in [1.807, 2.05) is 36.0 Å². The standard InChI is InChI=1S/C31H44N6O3/c1-36(2)30-34-22-25(27(35-30)24-11-17-32-18-12-24)28(38)37-19-14-31(15-20-37)13-6-5-9-23-8-3-4-10-26(23)40-21-7-16-33-29(31)39/h3-4,8,10,22,24,32H,5-7,9,11-21H2,1-2H3,(H,33,39). The molecule has 1 spiro atoms. The molecule has 0 saturated carbocycles. The number of nitrogens with zero attached hydrogens (tertiary/aromatic N) is 4. The summed E-state index contributed by atoms with van der Waals surface area (Å²) in [6, 6.07) is 8.26.